The highest BCUT2D eigenvalue weighted by atomic mass is 127. The minimum atomic E-state index is -1.96. The van der Waals surface area contributed by atoms with Gasteiger partial charge in [0.2, 0.25) is 0 Å². The number of nitrogens with one attached hydrogen (secondary N) is 1. The molecule has 0 saturated carbocycles. The van der Waals surface area contributed by atoms with E-state index in [1.165, 1.54) is 10.8 Å². The molecule has 8 nitrogen and oxygen atoms in total. The van der Waals surface area contributed by atoms with E-state index >= 15 is 0 Å². The molecule has 0 radical (unpaired) electrons. The zero-order chi connectivity index (χ0) is 21.3. The first-order chi connectivity index (χ1) is 12.8. The quantitative estimate of drug-likeness (QED) is 0.268. The summed E-state index contributed by atoms with van der Waals surface area (Å²) in [4.78, 5) is 31.9. The van der Waals surface area contributed by atoms with E-state index in [2.05, 4.69) is 44.0 Å². The van der Waals surface area contributed by atoms with Crippen LogP contribution in [0.5, 0.6) is 0 Å². The minimum Gasteiger partial charge on any atom is -0.414 e. The molecule has 1 fully saturated rings. The lowest BCUT2D eigenvalue weighted by molar-refractivity contribution is -0.0592. The van der Waals surface area contributed by atoms with E-state index in [1.807, 2.05) is 36.4 Å². The fourth-order valence-electron chi connectivity index (χ4n) is 2.49. The maximum absolute atomic E-state index is 12.2. The van der Waals surface area contributed by atoms with Gasteiger partial charge in [-0.25, -0.2) is 4.79 Å². The molecule has 1 N–H and O–H groups in total. The van der Waals surface area contributed by atoms with Crippen molar-refractivity contribution in [2.24, 2.45) is 5.16 Å². The van der Waals surface area contributed by atoms with E-state index in [1.54, 1.807) is 0 Å². The van der Waals surface area contributed by atoms with Gasteiger partial charge in [-0.2, -0.15) is 0 Å². The topological polar surface area (TPSA) is 94.9 Å². The predicted molar refractivity (Wildman–Crippen MR) is 119 cm³/mol. The molecule has 0 aliphatic carbocycles. The standard InChI is InChI=1S/C18H30IN3O5Si/c1-11(2)21-27-13-8-15(22-9-12(19)16(23)20-17(22)24)26-14(13)10-25-28(6,7)18(3,4)5/h9,13-15H,8,10H2,1-7H3,(H,20,23,24)/t13?,14-,15-/m1/s1. The van der Waals surface area contributed by atoms with Crippen LogP contribution >= 0.6 is 22.6 Å². The van der Waals surface area contributed by atoms with E-state index in [-0.39, 0.29) is 17.2 Å². The normalized spacial score (nSPS) is 22.9. The summed E-state index contributed by atoms with van der Waals surface area (Å²) in [7, 11) is -1.96. The molecule has 1 saturated heterocycles. The van der Waals surface area contributed by atoms with E-state index in [9.17, 15) is 9.59 Å². The SMILES string of the molecule is CC(C)=NOC1C[C@H](n2cc(I)c(=O)[nH]c2=O)O[C@@H]1CO[Si](C)(C)C(C)(C)C. The maximum Gasteiger partial charge on any atom is 0.330 e. The van der Waals surface area contributed by atoms with Crippen molar-refractivity contribution >= 4 is 36.6 Å². The predicted octanol–water partition coefficient (Wildman–Crippen LogP) is 3.23. The lowest BCUT2D eigenvalue weighted by Gasteiger charge is -2.37. The van der Waals surface area contributed by atoms with Crippen LogP contribution in [-0.2, 0) is 14.0 Å². The molecule has 1 aliphatic rings. The minimum absolute atomic E-state index is 0.0749. The number of oxime groups is 1. The van der Waals surface area contributed by atoms with Crippen LogP contribution in [0.2, 0.25) is 18.1 Å². The highest BCUT2D eigenvalue weighted by Gasteiger charge is 2.43. The Hall–Kier alpha value is -0.983. The average molecular weight is 523 g/mol. The van der Waals surface area contributed by atoms with Crippen molar-refractivity contribution in [2.45, 2.75) is 77.6 Å². The van der Waals surface area contributed by atoms with Gasteiger partial charge in [0.1, 0.15) is 12.3 Å². The Bertz CT molecular complexity index is 839. The van der Waals surface area contributed by atoms with Crippen molar-refractivity contribution in [2.75, 3.05) is 6.61 Å². The van der Waals surface area contributed by atoms with Crippen molar-refractivity contribution in [3.05, 3.63) is 30.6 Å². The van der Waals surface area contributed by atoms with Crippen molar-refractivity contribution < 1.29 is 14.0 Å². The fraction of sp³-hybridized carbons (Fsp3) is 0.722. The molecule has 28 heavy (non-hydrogen) atoms. The Morgan fingerprint density at radius 2 is 2.04 bits per heavy atom. The van der Waals surface area contributed by atoms with E-state index in [4.69, 9.17) is 14.0 Å². The Morgan fingerprint density at radius 1 is 1.39 bits per heavy atom. The van der Waals surface area contributed by atoms with Crippen LogP contribution in [-0.4, -0.2) is 42.4 Å². The molecule has 2 heterocycles. The van der Waals surface area contributed by atoms with Gasteiger partial charge in [-0.05, 0) is 54.6 Å². The number of ether oxygens (including phenoxy) is 1. The van der Waals surface area contributed by atoms with Gasteiger partial charge in [0.15, 0.2) is 14.4 Å². The fourth-order valence-corrected chi connectivity index (χ4v) is 3.94. The zero-order valence-corrected chi connectivity index (χ0v) is 20.7. The highest BCUT2D eigenvalue weighted by Crippen LogP contribution is 2.38. The first kappa shape index (κ1) is 23.3. The van der Waals surface area contributed by atoms with Gasteiger partial charge in [0.25, 0.3) is 5.56 Å². The molecule has 1 aromatic rings. The molecule has 3 atom stereocenters. The number of aromatic nitrogens is 2. The van der Waals surface area contributed by atoms with Crippen LogP contribution in [0.25, 0.3) is 0 Å². The van der Waals surface area contributed by atoms with Gasteiger partial charge in [-0.1, -0.05) is 25.9 Å². The van der Waals surface area contributed by atoms with E-state index in [0.29, 0.717) is 16.6 Å². The smallest absolute Gasteiger partial charge is 0.330 e. The Kier molecular flexibility index (Phi) is 7.32. The molecule has 0 amide bonds. The molecule has 158 valence electrons. The summed E-state index contributed by atoms with van der Waals surface area (Å²) in [6.45, 7) is 15.0. The number of rotatable bonds is 6. The van der Waals surface area contributed by atoms with Gasteiger partial charge in [-0.15, -0.1) is 0 Å². The Labute approximate surface area is 179 Å². The number of hydrogen-bond donors (Lipinski definition) is 1. The summed E-state index contributed by atoms with van der Waals surface area (Å²) in [5, 5.41) is 4.15. The first-order valence-electron chi connectivity index (χ1n) is 9.29. The third-order valence-corrected chi connectivity index (χ3v) is 10.5. The number of hydrogen-bond acceptors (Lipinski definition) is 6. The molecule has 1 unspecified atom stereocenters. The summed E-state index contributed by atoms with van der Waals surface area (Å²) in [5.74, 6) is 0. The number of nitrogens with zero attached hydrogens (tertiary/aromatic N) is 2. The van der Waals surface area contributed by atoms with E-state index < -0.39 is 25.8 Å². The molecule has 2 rings (SSSR count). The van der Waals surface area contributed by atoms with Crippen molar-refractivity contribution in [3.63, 3.8) is 0 Å². The van der Waals surface area contributed by atoms with Gasteiger partial charge >= 0.3 is 5.69 Å². The second-order valence-electron chi connectivity index (χ2n) is 8.76. The highest BCUT2D eigenvalue weighted by molar-refractivity contribution is 14.1. The van der Waals surface area contributed by atoms with Crippen LogP contribution < -0.4 is 11.2 Å². The molecular weight excluding hydrogens is 493 g/mol. The second-order valence-corrected chi connectivity index (χ2v) is 14.7. The van der Waals surface area contributed by atoms with Crippen LogP contribution in [0.15, 0.2) is 20.9 Å². The van der Waals surface area contributed by atoms with Crippen molar-refractivity contribution in [3.8, 4) is 0 Å². The largest absolute Gasteiger partial charge is 0.414 e. The average Bonchev–Trinajstić information content (AvgIpc) is 2.96. The summed E-state index contributed by atoms with van der Waals surface area (Å²) in [6.07, 6.45) is 0.683. The maximum atomic E-state index is 12.2. The molecule has 0 aromatic carbocycles. The summed E-state index contributed by atoms with van der Waals surface area (Å²) >= 11 is 1.89. The third-order valence-electron chi connectivity index (χ3n) is 5.20. The summed E-state index contributed by atoms with van der Waals surface area (Å²) < 4.78 is 14.2. The van der Waals surface area contributed by atoms with Crippen LogP contribution in [0.4, 0.5) is 0 Å². The summed E-state index contributed by atoms with van der Waals surface area (Å²) in [5.41, 5.74) is -0.116. The molecular formula is C18H30IN3O5Si. The van der Waals surface area contributed by atoms with E-state index in [0.717, 1.165) is 5.71 Å². The zero-order valence-electron chi connectivity index (χ0n) is 17.5. The molecule has 0 bridgehead atoms. The van der Waals surface area contributed by atoms with Crippen molar-refractivity contribution in [1.82, 2.24) is 9.55 Å². The molecule has 1 aliphatic heterocycles. The van der Waals surface area contributed by atoms with Crippen LogP contribution in [0.1, 0.15) is 47.3 Å². The second kappa shape index (κ2) is 8.80. The lowest BCUT2D eigenvalue weighted by atomic mass is 10.2. The van der Waals surface area contributed by atoms with Gasteiger partial charge in [-0.3, -0.25) is 14.3 Å². The van der Waals surface area contributed by atoms with Crippen LogP contribution in [0.3, 0.4) is 0 Å². The van der Waals surface area contributed by atoms with Crippen molar-refractivity contribution in [1.29, 1.82) is 0 Å². The Balaban J connectivity index is 2.23. The van der Waals surface area contributed by atoms with Gasteiger partial charge in [0, 0.05) is 12.6 Å². The third kappa shape index (κ3) is 5.54. The summed E-state index contributed by atoms with van der Waals surface area (Å²) in [6, 6.07) is 0. The monoisotopic (exact) mass is 523 g/mol. The number of halogens is 1. The van der Waals surface area contributed by atoms with Gasteiger partial charge in [0.05, 0.1) is 15.9 Å². The number of aromatic amines is 1. The molecule has 1 aromatic heterocycles. The number of H-pyrrole nitrogens is 1. The Morgan fingerprint density at radius 3 is 2.61 bits per heavy atom. The lowest BCUT2D eigenvalue weighted by Crippen LogP contribution is -2.44. The molecule has 0 spiro atoms. The van der Waals surface area contributed by atoms with Gasteiger partial charge < -0.3 is 14.0 Å². The first-order valence-corrected chi connectivity index (χ1v) is 13.3. The molecule has 10 heteroatoms. The van der Waals surface area contributed by atoms with Crippen LogP contribution in [0, 0.1) is 3.57 Å².